The van der Waals surface area contributed by atoms with Crippen molar-refractivity contribution in [3.63, 3.8) is 0 Å². The van der Waals surface area contributed by atoms with E-state index < -0.39 is 0 Å². The molecule has 1 aliphatic rings. The summed E-state index contributed by atoms with van der Waals surface area (Å²) in [6, 6.07) is 3.97. The summed E-state index contributed by atoms with van der Waals surface area (Å²) in [6.45, 7) is 8.90. The van der Waals surface area contributed by atoms with Crippen LogP contribution in [-0.4, -0.2) is 47.5 Å². The van der Waals surface area contributed by atoms with Gasteiger partial charge in [0.25, 0.3) is 5.91 Å². The van der Waals surface area contributed by atoms with Crippen LogP contribution in [0.4, 0.5) is 5.82 Å². The molecule has 1 amide bonds. The molecule has 2 N–H and O–H groups in total. The average molecular weight is 290 g/mol. The van der Waals surface area contributed by atoms with Gasteiger partial charge in [-0.3, -0.25) is 9.69 Å². The molecule has 0 radical (unpaired) electrons. The Bertz CT molecular complexity index is 487. The Hall–Kier alpha value is -1.62. The lowest BCUT2D eigenvalue weighted by Crippen LogP contribution is -2.48. The van der Waals surface area contributed by atoms with Gasteiger partial charge in [-0.1, -0.05) is 0 Å². The van der Waals surface area contributed by atoms with Gasteiger partial charge in [-0.05, 0) is 45.7 Å². The van der Waals surface area contributed by atoms with E-state index in [-0.39, 0.29) is 11.4 Å². The molecule has 0 aromatic carbocycles. The Morgan fingerprint density at radius 3 is 2.57 bits per heavy atom. The molecule has 0 spiro atoms. The molecular weight excluding hydrogens is 264 g/mol. The summed E-state index contributed by atoms with van der Waals surface area (Å²) in [5.41, 5.74) is 0.835. The van der Waals surface area contributed by atoms with Gasteiger partial charge in [0.2, 0.25) is 0 Å². The lowest BCUT2D eigenvalue weighted by Gasteiger charge is -2.41. The Balaban J connectivity index is 2.00. The Morgan fingerprint density at radius 1 is 1.33 bits per heavy atom. The predicted molar refractivity (Wildman–Crippen MR) is 85.6 cm³/mol. The maximum absolute atomic E-state index is 11.9. The summed E-state index contributed by atoms with van der Waals surface area (Å²) in [5, 5.41) is 6.10. The van der Waals surface area contributed by atoms with E-state index in [1.54, 1.807) is 25.4 Å². The normalized spacial score (nSPS) is 17.5. The monoisotopic (exact) mass is 290 g/mol. The summed E-state index contributed by atoms with van der Waals surface area (Å²) in [6.07, 6.45) is 3.86. The van der Waals surface area contributed by atoms with Crippen LogP contribution < -0.4 is 10.6 Å². The molecule has 5 heteroatoms. The number of hydrogen-bond donors (Lipinski definition) is 2. The largest absolute Gasteiger partial charge is 0.367 e. The van der Waals surface area contributed by atoms with Gasteiger partial charge in [0.05, 0.1) is 5.56 Å². The van der Waals surface area contributed by atoms with Gasteiger partial charge in [-0.2, -0.15) is 0 Å². The molecule has 0 atom stereocenters. The summed E-state index contributed by atoms with van der Waals surface area (Å²) in [5.74, 6) is 0.587. The third-order valence-corrected chi connectivity index (χ3v) is 4.06. The Kier molecular flexibility index (Phi) is 4.83. The number of nitrogens with zero attached hydrogens (tertiary/aromatic N) is 2. The van der Waals surface area contributed by atoms with E-state index in [0.717, 1.165) is 25.9 Å². The molecule has 21 heavy (non-hydrogen) atoms. The zero-order valence-electron chi connectivity index (χ0n) is 13.4. The number of anilines is 1. The molecule has 116 valence electrons. The van der Waals surface area contributed by atoms with Gasteiger partial charge in [0.15, 0.2) is 0 Å². The Labute approximate surface area is 127 Å². The van der Waals surface area contributed by atoms with E-state index in [1.807, 2.05) is 0 Å². The summed E-state index contributed by atoms with van der Waals surface area (Å²) in [4.78, 5) is 18.7. The van der Waals surface area contributed by atoms with Crippen molar-refractivity contribution in [1.82, 2.24) is 15.2 Å². The maximum Gasteiger partial charge on any atom is 0.254 e. The molecule has 1 fully saturated rings. The van der Waals surface area contributed by atoms with Crippen molar-refractivity contribution in [2.45, 2.75) is 45.2 Å². The number of pyridine rings is 1. The zero-order chi connectivity index (χ0) is 15.5. The van der Waals surface area contributed by atoms with Crippen molar-refractivity contribution in [2.75, 3.05) is 25.5 Å². The zero-order valence-corrected chi connectivity index (χ0v) is 13.4. The van der Waals surface area contributed by atoms with Crippen LogP contribution in [0.3, 0.4) is 0 Å². The van der Waals surface area contributed by atoms with Gasteiger partial charge in [-0.25, -0.2) is 4.98 Å². The summed E-state index contributed by atoms with van der Waals surface area (Å²) in [7, 11) is 1.64. The van der Waals surface area contributed by atoms with Crippen molar-refractivity contribution in [2.24, 2.45) is 0 Å². The first-order valence-corrected chi connectivity index (χ1v) is 7.60. The molecule has 1 saturated heterocycles. The minimum absolute atomic E-state index is 0.0993. The molecule has 0 saturated carbocycles. The van der Waals surface area contributed by atoms with Crippen LogP contribution >= 0.6 is 0 Å². The van der Waals surface area contributed by atoms with Crippen LogP contribution in [0.15, 0.2) is 18.3 Å². The van der Waals surface area contributed by atoms with Crippen molar-refractivity contribution in [1.29, 1.82) is 0 Å². The quantitative estimate of drug-likeness (QED) is 0.895. The SMILES string of the molecule is CNC(=O)c1cccnc1NC1CCN(C(C)(C)C)CC1. The number of aromatic nitrogens is 1. The van der Waals surface area contributed by atoms with Gasteiger partial charge in [0.1, 0.15) is 5.82 Å². The predicted octanol–water partition coefficient (Wildman–Crippen LogP) is 2.12. The second-order valence-electron chi connectivity index (χ2n) is 6.56. The number of rotatable bonds is 3. The lowest BCUT2D eigenvalue weighted by molar-refractivity contribution is 0.0963. The van der Waals surface area contributed by atoms with E-state index in [4.69, 9.17) is 0 Å². The first kappa shape index (κ1) is 15.8. The second kappa shape index (κ2) is 6.43. The van der Waals surface area contributed by atoms with E-state index in [9.17, 15) is 4.79 Å². The van der Waals surface area contributed by atoms with Crippen molar-refractivity contribution < 1.29 is 4.79 Å². The van der Waals surface area contributed by atoms with Crippen molar-refractivity contribution in [3.8, 4) is 0 Å². The van der Waals surface area contributed by atoms with E-state index in [1.165, 1.54) is 0 Å². The second-order valence-corrected chi connectivity index (χ2v) is 6.56. The minimum Gasteiger partial charge on any atom is -0.367 e. The molecule has 0 unspecified atom stereocenters. The van der Waals surface area contributed by atoms with Gasteiger partial charge < -0.3 is 10.6 Å². The minimum atomic E-state index is -0.0993. The third-order valence-electron chi connectivity index (χ3n) is 4.06. The number of nitrogens with one attached hydrogen (secondary N) is 2. The third kappa shape index (κ3) is 3.94. The molecular formula is C16H26N4O. The van der Waals surface area contributed by atoms with Crippen LogP contribution in [-0.2, 0) is 0 Å². The fourth-order valence-electron chi connectivity index (χ4n) is 2.73. The number of carbonyl (C=O) groups excluding carboxylic acids is 1. The van der Waals surface area contributed by atoms with Crippen LogP contribution in [0.25, 0.3) is 0 Å². The highest BCUT2D eigenvalue weighted by molar-refractivity contribution is 5.98. The number of hydrogen-bond acceptors (Lipinski definition) is 4. The average Bonchev–Trinajstić information content (AvgIpc) is 2.46. The van der Waals surface area contributed by atoms with Crippen LogP contribution in [0.5, 0.6) is 0 Å². The topological polar surface area (TPSA) is 57.3 Å². The van der Waals surface area contributed by atoms with Gasteiger partial charge in [0, 0.05) is 37.9 Å². The highest BCUT2D eigenvalue weighted by atomic mass is 16.1. The maximum atomic E-state index is 11.9. The van der Waals surface area contributed by atoms with Crippen LogP contribution in [0.1, 0.15) is 44.0 Å². The summed E-state index contributed by atoms with van der Waals surface area (Å²) < 4.78 is 0. The van der Waals surface area contributed by atoms with E-state index in [0.29, 0.717) is 17.4 Å². The van der Waals surface area contributed by atoms with E-state index in [2.05, 4.69) is 41.3 Å². The molecule has 0 aliphatic carbocycles. The number of piperidine rings is 1. The summed E-state index contributed by atoms with van der Waals surface area (Å²) >= 11 is 0. The van der Waals surface area contributed by atoms with Gasteiger partial charge >= 0.3 is 0 Å². The first-order valence-electron chi connectivity index (χ1n) is 7.60. The van der Waals surface area contributed by atoms with Crippen molar-refractivity contribution in [3.05, 3.63) is 23.9 Å². The fraction of sp³-hybridized carbons (Fsp3) is 0.625. The lowest BCUT2D eigenvalue weighted by atomic mass is 9.98. The van der Waals surface area contributed by atoms with E-state index >= 15 is 0 Å². The molecule has 2 heterocycles. The highest BCUT2D eigenvalue weighted by Crippen LogP contribution is 2.23. The number of amides is 1. The van der Waals surface area contributed by atoms with Crippen LogP contribution in [0, 0.1) is 0 Å². The smallest absolute Gasteiger partial charge is 0.254 e. The molecule has 5 nitrogen and oxygen atoms in total. The standard InChI is InChI=1S/C16H26N4O/c1-16(2,3)20-10-7-12(8-11-20)19-14-13(15(21)17-4)6-5-9-18-14/h5-6,9,12H,7-8,10-11H2,1-4H3,(H,17,21)(H,18,19). The molecule has 2 rings (SSSR count). The highest BCUT2D eigenvalue weighted by Gasteiger charge is 2.27. The molecule has 1 aromatic rings. The Morgan fingerprint density at radius 2 is 2.00 bits per heavy atom. The number of carbonyl (C=O) groups is 1. The van der Waals surface area contributed by atoms with Crippen molar-refractivity contribution >= 4 is 11.7 Å². The van der Waals surface area contributed by atoms with Crippen LogP contribution in [0.2, 0.25) is 0 Å². The first-order chi connectivity index (χ1) is 9.91. The molecule has 1 aliphatic heterocycles. The molecule has 0 bridgehead atoms. The molecule has 1 aromatic heterocycles. The fourth-order valence-corrected chi connectivity index (χ4v) is 2.73. The number of likely N-dealkylation sites (tertiary alicyclic amines) is 1. The van der Waals surface area contributed by atoms with Gasteiger partial charge in [-0.15, -0.1) is 0 Å².